The molecule has 0 spiro atoms. The molecule has 2 aliphatic rings. The van der Waals surface area contributed by atoms with Crippen molar-refractivity contribution in [3.8, 4) is 0 Å². The van der Waals surface area contributed by atoms with Gasteiger partial charge in [0.1, 0.15) is 0 Å². The highest BCUT2D eigenvalue weighted by atomic mass is 32.3. The number of aliphatic imine (C=N–C) groups is 2. The normalized spacial score (nSPS) is 17.7. The zero-order valence-electron chi connectivity index (χ0n) is 16.5. The average molecular weight is 443 g/mol. The van der Waals surface area contributed by atoms with E-state index < -0.39 is 10.4 Å². The van der Waals surface area contributed by atoms with Gasteiger partial charge in [-0.05, 0) is 0 Å². The summed E-state index contributed by atoms with van der Waals surface area (Å²) in [6, 6.07) is 0. The zero-order chi connectivity index (χ0) is 22.1. The van der Waals surface area contributed by atoms with Crippen molar-refractivity contribution in [3.05, 3.63) is 0 Å². The van der Waals surface area contributed by atoms with E-state index in [1.807, 2.05) is 0 Å². The van der Waals surface area contributed by atoms with Crippen molar-refractivity contribution in [3.63, 3.8) is 0 Å². The van der Waals surface area contributed by atoms with E-state index in [2.05, 4.69) is 19.8 Å². The quantitative estimate of drug-likeness (QED) is 0.134. The Balaban J connectivity index is 0.000000442. The number of hydrogen-bond acceptors (Lipinski definition) is 8. The van der Waals surface area contributed by atoms with Gasteiger partial charge in [0.2, 0.25) is 0 Å². The molecule has 29 heavy (non-hydrogen) atoms. The minimum absolute atomic E-state index is 0.170. The minimum atomic E-state index is -4.67. The maximum atomic E-state index is 8.74. The Labute approximate surface area is 171 Å². The van der Waals surface area contributed by atoms with Gasteiger partial charge in [0.05, 0.1) is 39.5 Å². The van der Waals surface area contributed by atoms with E-state index in [0.717, 1.165) is 65.7 Å². The van der Waals surface area contributed by atoms with E-state index in [9.17, 15) is 0 Å². The molecule has 2 heterocycles. The number of morpholine rings is 2. The molecule has 0 saturated carbocycles. The molecule has 2 fully saturated rings. The molecule has 172 valence electrons. The van der Waals surface area contributed by atoms with Crippen molar-refractivity contribution < 1.29 is 27.0 Å². The Kier molecular flexibility index (Phi) is 15.1. The standard InChI is InChI=1S/2C7H16N4O.H2O4S/c2*8-7(9)10-1-2-11-3-5-12-6-4-11;1-5(2,3)4/h2*1-6H2,(H4,8,9,10);(H2,1,2,3,4). The highest BCUT2D eigenvalue weighted by Gasteiger charge is 2.09. The zero-order valence-corrected chi connectivity index (χ0v) is 17.3. The fourth-order valence-corrected chi connectivity index (χ4v) is 2.29. The number of guanidine groups is 2. The Morgan fingerprint density at radius 3 is 1.28 bits per heavy atom. The van der Waals surface area contributed by atoms with Crippen molar-refractivity contribution >= 4 is 22.3 Å². The maximum Gasteiger partial charge on any atom is 0.394 e. The molecule has 0 aliphatic carbocycles. The Morgan fingerprint density at radius 1 is 0.759 bits per heavy atom. The van der Waals surface area contributed by atoms with Crippen LogP contribution < -0.4 is 22.9 Å². The van der Waals surface area contributed by atoms with Gasteiger partial charge in [0.15, 0.2) is 11.9 Å². The summed E-state index contributed by atoms with van der Waals surface area (Å²) >= 11 is 0. The monoisotopic (exact) mass is 442 g/mol. The first-order chi connectivity index (χ1) is 13.6. The van der Waals surface area contributed by atoms with Gasteiger partial charge in [0, 0.05) is 39.3 Å². The van der Waals surface area contributed by atoms with Crippen molar-refractivity contribution in [2.24, 2.45) is 32.9 Å². The van der Waals surface area contributed by atoms with Gasteiger partial charge in [-0.15, -0.1) is 0 Å². The van der Waals surface area contributed by atoms with E-state index in [1.165, 1.54) is 0 Å². The largest absolute Gasteiger partial charge is 0.394 e. The number of rotatable bonds is 6. The first-order valence-electron chi connectivity index (χ1n) is 8.98. The second kappa shape index (κ2) is 16.1. The lowest BCUT2D eigenvalue weighted by Crippen LogP contribution is -2.38. The summed E-state index contributed by atoms with van der Waals surface area (Å²) in [6.45, 7) is 10.4. The molecule has 0 radical (unpaired) electrons. The summed E-state index contributed by atoms with van der Waals surface area (Å²) in [6.07, 6.45) is 0. The van der Waals surface area contributed by atoms with Crippen LogP contribution in [0.2, 0.25) is 0 Å². The lowest BCUT2D eigenvalue weighted by Gasteiger charge is -2.25. The summed E-state index contributed by atoms with van der Waals surface area (Å²) < 4.78 is 42.0. The van der Waals surface area contributed by atoms with Gasteiger partial charge in [-0.3, -0.25) is 28.9 Å². The van der Waals surface area contributed by atoms with E-state index in [4.69, 9.17) is 49.9 Å². The predicted octanol–water partition coefficient (Wildman–Crippen LogP) is -3.47. The Morgan fingerprint density at radius 2 is 1.03 bits per heavy atom. The molecule has 0 unspecified atom stereocenters. The van der Waals surface area contributed by atoms with Crippen LogP contribution in [0.3, 0.4) is 0 Å². The molecule has 2 aliphatic heterocycles. The number of nitrogens with two attached hydrogens (primary N) is 4. The third-order valence-electron chi connectivity index (χ3n) is 3.63. The highest BCUT2D eigenvalue weighted by molar-refractivity contribution is 7.79. The van der Waals surface area contributed by atoms with Crippen LogP contribution in [0.4, 0.5) is 0 Å². The molecule has 2 saturated heterocycles. The summed E-state index contributed by atoms with van der Waals surface area (Å²) in [5.41, 5.74) is 20.8. The van der Waals surface area contributed by atoms with Crippen LogP contribution in [-0.4, -0.2) is 118 Å². The third-order valence-corrected chi connectivity index (χ3v) is 3.63. The molecule has 0 aromatic carbocycles. The Hall–Kier alpha value is -1.75. The lowest BCUT2D eigenvalue weighted by atomic mass is 10.4. The van der Waals surface area contributed by atoms with Crippen molar-refractivity contribution in [2.75, 3.05) is 78.8 Å². The van der Waals surface area contributed by atoms with E-state index in [1.54, 1.807) is 0 Å². The SMILES string of the molecule is NC(N)=NCCN1CCOCC1.NC(N)=NCCN1CCOCC1.O=S(=O)(O)O. The smallest absolute Gasteiger partial charge is 0.379 e. The van der Waals surface area contributed by atoms with Gasteiger partial charge in [-0.2, -0.15) is 8.42 Å². The van der Waals surface area contributed by atoms with Crippen LogP contribution in [0.15, 0.2) is 9.98 Å². The number of nitrogens with zero attached hydrogens (tertiary/aromatic N) is 4. The summed E-state index contributed by atoms with van der Waals surface area (Å²) in [4.78, 5) is 12.4. The summed E-state index contributed by atoms with van der Waals surface area (Å²) in [5.74, 6) is 0.339. The van der Waals surface area contributed by atoms with Crippen LogP contribution in [0.25, 0.3) is 0 Å². The molecular formula is C14H34N8O6S. The molecular weight excluding hydrogens is 408 g/mol. The molecule has 2 rings (SSSR count). The number of hydrogen-bond donors (Lipinski definition) is 6. The third kappa shape index (κ3) is 22.4. The van der Waals surface area contributed by atoms with Gasteiger partial charge < -0.3 is 32.4 Å². The van der Waals surface area contributed by atoms with Crippen LogP contribution in [0.1, 0.15) is 0 Å². The van der Waals surface area contributed by atoms with E-state index >= 15 is 0 Å². The highest BCUT2D eigenvalue weighted by Crippen LogP contribution is 1.96. The van der Waals surface area contributed by atoms with Gasteiger partial charge >= 0.3 is 10.4 Å². The summed E-state index contributed by atoms with van der Waals surface area (Å²) in [7, 11) is -4.67. The molecule has 14 nitrogen and oxygen atoms in total. The fourth-order valence-electron chi connectivity index (χ4n) is 2.29. The van der Waals surface area contributed by atoms with Gasteiger partial charge in [-0.1, -0.05) is 0 Å². The van der Waals surface area contributed by atoms with Crippen molar-refractivity contribution in [1.82, 2.24) is 9.80 Å². The minimum Gasteiger partial charge on any atom is -0.379 e. The molecule has 0 amide bonds. The second-order valence-corrected chi connectivity index (χ2v) is 6.86. The van der Waals surface area contributed by atoms with Crippen molar-refractivity contribution in [1.29, 1.82) is 0 Å². The van der Waals surface area contributed by atoms with E-state index in [0.29, 0.717) is 13.1 Å². The van der Waals surface area contributed by atoms with Crippen LogP contribution >= 0.6 is 0 Å². The molecule has 0 atom stereocenters. The molecule has 0 bridgehead atoms. The summed E-state index contributed by atoms with van der Waals surface area (Å²) in [5, 5.41) is 0. The first kappa shape index (κ1) is 27.2. The Bertz CT molecular complexity index is 525. The van der Waals surface area contributed by atoms with Crippen LogP contribution in [-0.2, 0) is 19.9 Å². The van der Waals surface area contributed by atoms with Crippen LogP contribution in [0, 0.1) is 0 Å². The first-order valence-corrected chi connectivity index (χ1v) is 10.4. The topological polar surface area (TPSA) is 228 Å². The van der Waals surface area contributed by atoms with Crippen molar-refractivity contribution in [2.45, 2.75) is 0 Å². The van der Waals surface area contributed by atoms with Gasteiger partial charge in [-0.25, -0.2) is 0 Å². The van der Waals surface area contributed by atoms with Crippen LogP contribution in [0.5, 0.6) is 0 Å². The number of ether oxygens (including phenoxy) is 2. The maximum absolute atomic E-state index is 8.74. The molecule has 10 N–H and O–H groups in total. The average Bonchev–Trinajstić information content (AvgIpc) is 2.62. The van der Waals surface area contributed by atoms with E-state index in [-0.39, 0.29) is 11.9 Å². The fraction of sp³-hybridized carbons (Fsp3) is 0.857. The molecule has 0 aromatic rings. The molecule has 15 heteroatoms. The van der Waals surface area contributed by atoms with Gasteiger partial charge in [0.25, 0.3) is 0 Å². The second-order valence-electron chi connectivity index (χ2n) is 5.97. The lowest BCUT2D eigenvalue weighted by molar-refractivity contribution is 0.0394. The predicted molar refractivity (Wildman–Crippen MR) is 110 cm³/mol. The molecule has 0 aromatic heterocycles.